The summed E-state index contributed by atoms with van der Waals surface area (Å²) < 4.78 is 7.23. The molecule has 0 aliphatic heterocycles. The van der Waals surface area contributed by atoms with Gasteiger partial charge in [0.1, 0.15) is 17.5 Å². The van der Waals surface area contributed by atoms with Crippen molar-refractivity contribution in [3.63, 3.8) is 0 Å². The number of pyridine rings is 1. The van der Waals surface area contributed by atoms with E-state index in [0.717, 1.165) is 11.4 Å². The van der Waals surface area contributed by atoms with Crippen LogP contribution in [0, 0.1) is 17.2 Å². The van der Waals surface area contributed by atoms with Gasteiger partial charge in [0.05, 0.1) is 42.5 Å². The fourth-order valence-corrected chi connectivity index (χ4v) is 5.16. The molecule has 2 N–H and O–H groups in total. The fraction of sp³-hybridized carbons (Fsp3) is 0.345. The normalized spacial score (nSPS) is 13.8. The van der Waals surface area contributed by atoms with Gasteiger partial charge in [-0.1, -0.05) is 43.5 Å². The number of nitrogen functional groups attached to an aromatic ring is 1. The average Bonchev–Trinajstić information content (AvgIpc) is 3.45. The Bertz CT molecular complexity index is 1530. The van der Waals surface area contributed by atoms with Crippen molar-refractivity contribution in [3.8, 4) is 34.5 Å². The minimum absolute atomic E-state index is 0.0949. The molecule has 1 aromatic carbocycles. The maximum atomic E-state index is 9.43. The average molecular weight is 539 g/mol. The Morgan fingerprint density at radius 1 is 1.05 bits per heavy atom. The van der Waals surface area contributed by atoms with Crippen LogP contribution in [-0.4, -0.2) is 43.2 Å². The molecule has 1 saturated carbocycles. The smallest absolute Gasteiger partial charge is 0.373 e. The van der Waals surface area contributed by atoms with Gasteiger partial charge in [0, 0.05) is 17.2 Å². The minimum Gasteiger partial charge on any atom is -0.495 e. The molecule has 3 aromatic heterocycles. The van der Waals surface area contributed by atoms with Gasteiger partial charge in [0.25, 0.3) is 0 Å². The second kappa shape index (κ2) is 13.2. The van der Waals surface area contributed by atoms with Crippen LogP contribution in [0.3, 0.4) is 0 Å². The highest BCUT2D eigenvalue weighted by Gasteiger charge is 2.22. The van der Waals surface area contributed by atoms with Gasteiger partial charge in [-0.2, -0.15) is 14.9 Å². The highest BCUT2D eigenvalue weighted by atomic mass is 16.5. The van der Waals surface area contributed by atoms with Crippen molar-refractivity contribution in [2.45, 2.75) is 51.5 Å². The van der Waals surface area contributed by atoms with Gasteiger partial charge in [0.2, 0.25) is 5.95 Å². The van der Waals surface area contributed by atoms with Gasteiger partial charge in [-0.25, -0.2) is 14.6 Å². The van der Waals surface area contributed by atoms with Crippen molar-refractivity contribution in [1.82, 2.24) is 29.9 Å². The highest BCUT2D eigenvalue weighted by Crippen LogP contribution is 2.35. The van der Waals surface area contributed by atoms with Gasteiger partial charge in [-0.15, -0.1) is 5.10 Å². The van der Waals surface area contributed by atoms with E-state index in [1.807, 2.05) is 18.3 Å². The number of aromatic nitrogens is 6. The molecule has 4 aromatic rings. The third kappa shape index (κ3) is 6.54. The Morgan fingerprint density at radius 2 is 1.77 bits per heavy atom. The molecule has 1 aliphatic rings. The summed E-state index contributed by atoms with van der Waals surface area (Å²) in [6.45, 7) is 2.80. The SMILES string of the molecule is COc1c(C#N)cccc1-c1cc(-c2cn(Cc3cccc([C@@H](C)C4CCCCC4)n3)nn2)nc(N)n1.O=C=O. The van der Waals surface area contributed by atoms with Crippen molar-refractivity contribution in [3.05, 3.63) is 65.6 Å². The molecule has 11 heteroatoms. The molecule has 0 unspecified atom stereocenters. The fourth-order valence-electron chi connectivity index (χ4n) is 5.16. The molecule has 1 fully saturated rings. The molecule has 0 saturated heterocycles. The third-order valence-corrected chi connectivity index (χ3v) is 7.14. The number of methoxy groups -OCH3 is 1. The number of hydrogen-bond acceptors (Lipinski definition) is 10. The molecule has 0 spiro atoms. The Balaban J connectivity index is 0.00000118. The van der Waals surface area contributed by atoms with Crippen molar-refractivity contribution in [2.24, 2.45) is 5.92 Å². The predicted molar refractivity (Wildman–Crippen MR) is 145 cm³/mol. The van der Waals surface area contributed by atoms with Gasteiger partial charge < -0.3 is 10.5 Å². The van der Waals surface area contributed by atoms with Crippen LogP contribution in [0.25, 0.3) is 22.6 Å². The largest absolute Gasteiger partial charge is 0.495 e. The summed E-state index contributed by atoms with van der Waals surface area (Å²) in [4.78, 5) is 29.9. The van der Waals surface area contributed by atoms with Crippen LogP contribution in [0.15, 0.2) is 48.7 Å². The van der Waals surface area contributed by atoms with Crippen molar-refractivity contribution < 1.29 is 14.3 Å². The topological polar surface area (TPSA) is 163 Å². The Hall–Kier alpha value is -4.94. The van der Waals surface area contributed by atoms with Gasteiger partial charge in [-0.05, 0) is 49.1 Å². The van der Waals surface area contributed by atoms with Crippen molar-refractivity contribution in [2.75, 3.05) is 12.8 Å². The maximum absolute atomic E-state index is 9.43. The molecule has 5 rings (SSSR count). The molecule has 1 aliphatic carbocycles. The van der Waals surface area contributed by atoms with E-state index in [9.17, 15) is 5.26 Å². The van der Waals surface area contributed by atoms with Crippen molar-refractivity contribution >= 4 is 12.1 Å². The zero-order valence-electron chi connectivity index (χ0n) is 22.4. The molecule has 0 bridgehead atoms. The Morgan fingerprint density at radius 3 is 2.50 bits per heavy atom. The number of ether oxygens (including phenoxy) is 1. The molecule has 3 heterocycles. The summed E-state index contributed by atoms with van der Waals surface area (Å²) in [5, 5.41) is 18.1. The molecule has 40 heavy (non-hydrogen) atoms. The summed E-state index contributed by atoms with van der Waals surface area (Å²) >= 11 is 0. The first-order valence-electron chi connectivity index (χ1n) is 13.0. The molecular formula is C29H30N8O3. The van der Waals surface area contributed by atoms with E-state index >= 15 is 0 Å². The van der Waals surface area contributed by atoms with Crippen LogP contribution in [-0.2, 0) is 16.1 Å². The second-order valence-corrected chi connectivity index (χ2v) is 9.62. The van der Waals surface area contributed by atoms with E-state index < -0.39 is 0 Å². The molecule has 0 amide bonds. The molecule has 204 valence electrons. The minimum atomic E-state index is 0.0949. The highest BCUT2D eigenvalue weighted by molar-refractivity contribution is 5.74. The first kappa shape index (κ1) is 28.1. The van der Waals surface area contributed by atoms with E-state index in [-0.39, 0.29) is 12.1 Å². The van der Waals surface area contributed by atoms with Gasteiger partial charge >= 0.3 is 6.15 Å². The van der Waals surface area contributed by atoms with Crippen LogP contribution in [0.1, 0.15) is 61.9 Å². The number of benzene rings is 1. The summed E-state index contributed by atoms with van der Waals surface area (Å²) in [7, 11) is 1.52. The van der Waals surface area contributed by atoms with E-state index in [2.05, 4.69) is 45.4 Å². The number of nitriles is 1. The number of hydrogen-bond donors (Lipinski definition) is 1. The first-order chi connectivity index (χ1) is 19.5. The lowest BCUT2D eigenvalue weighted by Gasteiger charge is -2.27. The van der Waals surface area contributed by atoms with Crippen LogP contribution < -0.4 is 10.5 Å². The summed E-state index contributed by atoms with van der Waals surface area (Å²) in [5.41, 5.74) is 10.8. The maximum Gasteiger partial charge on any atom is 0.373 e. The lowest BCUT2D eigenvalue weighted by atomic mass is 9.79. The third-order valence-electron chi connectivity index (χ3n) is 7.14. The Labute approximate surface area is 232 Å². The zero-order chi connectivity index (χ0) is 28.5. The number of rotatable bonds is 7. The molecule has 0 radical (unpaired) electrons. The monoisotopic (exact) mass is 538 g/mol. The predicted octanol–water partition coefficient (Wildman–Crippen LogP) is 4.41. The van der Waals surface area contributed by atoms with E-state index in [1.54, 1.807) is 22.9 Å². The van der Waals surface area contributed by atoms with Crippen LogP contribution >= 0.6 is 0 Å². The number of nitrogens with two attached hydrogens (primary N) is 1. The summed E-state index contributed by atoms with van der Waals surface area (Å²) in [5.74, 6) is 1.69. The van der Waals surface area contributed by atoms with Crippen LogP contribution in [0.2, 0.25) is 0 Å². The quantitative estimate of drug-likeness (QED) is 0.356. The van der Waals surface area contributed by atoms with Gasteiger partial charge in [0.15, 0.2) is 0 Å². The molecule has 1 atom stereocenters. The number of para-hydroxylation sites is 1. The van der Waals surface area contributed by atoms with E-state index in [0.29, 0.717) is 52.3 Å². The Kier molecular flexibility index (Phi) is 9.28. The first-order valence-corrected chi connectivity index (χ1v) is 13.0. The number of nitrogens with zero attached hydrogens (tertiary/aromatic N) is 7. The van der Waals surface area contributed by atoms with Gasteiger partial charge in [-0.3, -0.25) is 4.98 Å². The van der Waals surface area contributed by atoms with E-state index in [1.165, 1.54) is 39.2 Å². The second-order valence-electron chi connectivity index (χ2n) is 9.62. The lowest BCUT2D eigenvalue weighted by molar-refractivity contribution is -0.191. The van der Waals surface area contributed by atoms with E-state index in [4.69, 9.17) is 25.0 Å². The zero-order valence-corrected chi connectivity index (χ0v) is 22.4. The van der Waals surface area contributed by atoms with Crippen LogP contribution in [0.5, 0.6) is 5.75 Å². The summed E-state index contributed by atoms with van der Waals surface area (Å²) in [6, 6.07) is 15.4. The number of anilines is 1. The number of carbonyl (C=O) groups excluding carboxylic acids is 2. The van der Waals surface area contributed by atoms with Crippen LogP contribution in [0.4, 0.5) is 5.95 Å². The molecular weight excluding hydrogens is 508 g/mol. The standard InChI is InChI=1S/C28H30N8O.CO2/c1-18(19-8-4-3-5-9-19)23-13-7-11-21(31-23)16-36-17-26(34-35-36)25-14-24(32-28(30)33-25)22-12-6-10-20(15-29)27(22)37-2;2-1-3/h6-7,10-14,17-19H,3-5,8-9,16H2,1-2H3,(H2,30,32,33);/t18-;/m0./s1. The lowest BCUT2D eigenvalue weighted by Crippen LogP contribution is -2.15. The summed E-state index contributed by atoms with van der Waals surface area (Å²) in [6.07, 6.45) is 8.65. The van der Waals surface area contributed by atoms with Crippen molar-refractivity contribution in [1.29, 1.82) is 5.26 Å². The molecule has 11 nitrogen and oxygen atoms in total.